The maximum atomic E-state index is 12.4. The number of ether oxygens (including phenoxy) is 4. The number of nitrogens with zero attached hydrogens (tertiary/aromatic N) is 4. The summed E-state index contributed by atoms with van der Waals surface area (Å²) in [5, 5.41) is 14.4. The second kappa shape index (κ2) is 13.8. The number of H-pyrrole nitrogens is 1. The molecule has 0 aliphatic rings. The number of esters is 2. The minimum Gasteiger partial charge on any atom is -0.476 e. The standard InChI is InChI=1S/C28H28N6O9/c1-4-40-25-24(27(36)42-6-3)32-20-11-17(22(34(38)39)13-21(20)33-25)12-23-29-14-19(30-23)15-43-28(37)31-18-9-7-8-16(10-18)26(35)41-5-2/h7-11,13-14H,4-6,12,15H2,1-3H3,(H,29,30)(H,31,37). The van der Waals surface area contributed by atoms with Crippen molar-refractivity contribution in [3.8, 4) is 5.88 Å². The van der Waals surface area contributed by atoms with E-state index in [1.165, 1.54) is 24.4 Å². The maximum Gasteiger partial charge on any atom is 0.412 e. The first-order chi connectivity index (χ1) is 20.7. The van der Waals surface area contributed by atoms with Crippen LogP contribution in [0.4, 0.5) is 16.2 Å². The van der Waals surface area contributed by atoms with Gasteiger partial charge in [0.15, 0.2) is 0 Å². The van der Waals surface area contributed by atoms with Gasteiger partial charge >= 0.3 is 18.0 Å². The number of nitrogens with one attached hydrogen (secondary N) is 2. The van der Waals surface area contributed by atoms with E-state index in [4.69, 9.17) is 18.9 Å². The summed E-state index contributed by atoms with van der Waals surface area (Å²) >= 11 is 0. The van der Waals surface area contributed by atoms with Crippen molar-refractivity contribution >= 4 is 40.4 Å². The number of hydrogen-bond acceptors (Lipinski definition) is 12. The van der Waals surface area contributed by atoms with Crippen LogP contribution in [0.2, 0.25) is 0 Å². The van der Waals surface area contributed by atoms with Crippen molar-refractivity contribution in [3.63, 3.8) is 0 Å². The Morgan fingerprint density at radius 3 is 2.42 bits per heavy atom. The molecule has 0 radical (unpaired) electrons. The van der Waals surface area contributed by atoms with Crippen LogP contribution in [-0.2, 0) is 27.2 Å². The second-order valence-corrected chi connectivity index (χ2v) is 8.79. The molecule has 43 heavy (non-hydrogen) atoms. The van der Waals surface area contributed by atoms with Crippen molar-refractivity contribution in [3.05, 3.63) is 81.0 Å². The van der Waals surface area contributed by atoms with E-state index in [0.717, 1.165) is 0 Å². The number of nitro groups is 1. The molecule has 1 amide bonds. The first-order valence-corrected chi connectivity index (χ1v) is 13.2. The van der Waals surface area contributed by atoms with E-state index in [1.54, 1.807) is 39.0 Å². The molecule has 2 heterocycles. The van der Waals surface area contributed by atoms with E-state index in [1.807, 2.05) is 0 Å². The monoisotopic (exact) mass is 592 g/mol. The molecular formula is C28H28N6O9. The van der Waals surface area contributed by atoms with Crippen LogP contribution in [0.25, 0.3) is 11.0 Å². The Kier molecular flexibility index (Phi) is 9.78. The summed E-state index contributed by atoms with van der Waals surface area (Å²) in [7, 11) is 0. The lowest BCUT2D eigenvalue weighted by Crippen LogP contribution is -2.14. The second-order valence-electron chi connectivity index (χ2n) is 8.79. The van der Waals surface area contributed by atoms with Crippen LogP contribution >= 0.6 is 0 Å². The number of aromatic nitrogens is 4. The van der Waals surface area contributed by atoms with Crippen molar-refractivity contribution in [1.82, 2.24) is 19.9 Å². The number of anilines is 1. The van der Waals surface area contributed by atoms with Crippen LogP contribution in [0.3, 0.4) is 0 Å². The van der Waals surface area contributed by atoms with Gasteiger partial charge in [-0.25, -0.2) is 29.3 Å². The summed E-state index contributed by atoms with van der Waals surface area (Å²) < 4.78 is 20.7. The third-order valence-electron chi connectivity index (χ3n) is 5.80. The SMILES string of the molecule is CCOC(=O)c1cccc(NC(=O)OCc2cnc(Cc3cc4nc(C(=O)OCC)c(OCC)nc4cc3[N+](=O)[O-])[nH]2)c1. The van der Waals surface area contributed by atoms with E-state index in [9.17, 15) is 24.5 Å². The zero-order valence-corrected chi connectivity index (χ0v) is 23.5. The Balaban J connectivity index is 1.48. The van der Waals surface area contributed by atoms with Gasteiger partial charge in [0, 0.05) is 23.7 Å². The van der Waals surface area contributed by atoms with E-state index >= 15 is 0 Å². The van der Waals surface area contributed by atoms with Gasteiger partial charge in [0.05, 0.1) is 53.2 Å². The minimum atomic E-state index is -0.773. The Morgan fingerprint density at radius 1 is 0.953 bits per heavy atom. The lowest BCUT2D eigenvalue weighted by atomic mass is 10.1. The Labute approximate surface area is 244 Å². The smallest absolute Gasteiger partial charge is 0.412 e. The zero-order valence-electron chi connectivity index (χ0n) is 23.5. The molecule has 0 fully saturated rings. The maximum absolute atomic E-state index is 12.4. The number of imidazole rings is 1. The normalized spacial score (nSPS) is 10.7. The van der Waals surface area contributed by atoms with Gasteiger partial charge < -0.3 is 23.9 Å². The summed E-state index contributed by atoms with van der Waals surface area (Å²) in [6, 6.07) is 8.91. The minimum absolute atomic E-state index is 0.00271. The van der Waals surface area contributed by atoms with Crippen molar-refractivity contribution < 1.29 is 38.3 Å². The van der Waals surface area contributed by atoms with Gasteiger partial charge in [0.2, 0.25) is 11.6 Å². The highest BCUT2D eigenvalue weighted by molar-refractivity contribution is 5.93. The predicted molar refractivity (Wildman–Crippen MR) is 151 cm³/mol. The molecule has 4 rings (SSSR count). The molecule has 0 unspecified atom stereocenters. The molecule has 2 aromatic heterocycles. The molecule has 15 nitrogen and oxygen atoms in total. The fourth-order valence-electron chi connectivity index (χ4n) is 3.98. The summed E-state index contributed by atoms with van der Waals surface area (Å²) in [6.45, 7) is 5.40. The largest absolute Gasteiger partial charge is 0.476 e. The highest BCUT2D eigenvalue weighted by Crippen LogP contribution is 2.28. The lowest BCUT2D eigenvalue weighted by molar-refractivity contribution is -0.385. The molecule has 2 N–H and O–H groups in total. The van der Waals surface area contributed by atoms with Gasteiger partial charge in [-0.1, -0.05) is 6.07 Å². The average Bonchev–Trinajstić information content (AvgIpc) is 3.43. The molecule has 0 spiro atoms. The zero-order chi connectivity index (χ0) is 30.9. The number of benzene rings is 2. The van der Waals surface area contributed by atoms with Crippen molar-refractivity contribution in [2.75, 3.05) is 25.1 Å². The molecule has 0 aliphatic carbocycles. The van der Waals surface area contributed by atoms with Crippen molar-refractivity contribution in [1.29, 1.82) is 0 Å². The molecule has 15 heteroatoms. The molecular weight excluding hydrogens is 564 g/mol. The number of hydrogen-bond donors (Lipinski definition) is 2. The average molecular weight is 593 g/mol. The molecule has 0 saturated heterocycles. The van der Waals surface area contributed by atoms with Crippen LogP contribution < -0.4 is 10.1 Å². The van der Waals surface area contributed by atoms with Crippen LogP contribution in [0.5, 0.6) is 5.88 Å². The predicted octanol–water partition coefficient (Wildman–Crippen LogP) is 4.35. The van der Waals surface area contributed by atoms with Crippen LogP contribution in [0, 0.1) is 10.1 Å². The number of amides is 1. The number of carbonyl (C=O) groups is 3. The molecule has 2 aromatic carbocycles. The lowest BCUT2D eigenvalue weighted by Gasteiger charge is -2.10. The number of aromatic amines is 1. The van der Waals surface area contributed by atoms with Gasteiger partial charge in [-0.2, -0.15) is 0 Å². The van der Waals surface area contributed by atoms with Crippen molar-refractivity contribution in [2.45, 2.75) is 33.8 Å². The van der Waals surface area contributed by atoms with Gasteiger partial charge in [0.25, 0.3) is 5.69 Å². The van der Waals surface area contributed by atoms with Crippen LogP contribution in [-0.4, -0.2) is 62.7 Å². The van der Waals surface area contributed by atoms with E-state index < -0.39 is 23.0 Å². The Morgan fingerprint density at radius 2 is 1.70 bits per heavy atom. The quantitative estimate of drug-likeness (QED) is 0.102. The number of fused-ring (bicyclic) bond motifs is 1. The Bertz CT molecular complexity index is 1670. The molecule has 0 aliphatic heterocycles. The highest BCUT2D eigenvalue weighted by atomic mass is 16.6. The van der Waals surface area contributed by atoms with Crippen molar-refractivity contribution in [2.24, 2.45) is 0 Å². The van der Waals surface area contributed by atoms with Crippen LogP contribution in [0.15, 0.2) is 42.6 Å². The van der Waals surface area contributed by atoms with E-state index in [-0.39, 0.29) is 72.3 Å². The summed E-state index contributed by atoms with van der Waals surface area (Å²) in [5.74, 6) is -0.973. The first kappa shape index (κ1) is 30.4. The van der Waals surface area contributed by atoms with Gasteiger partial charge in [0.1, 0.15) is 12.4 Å². The summed E-state index contributed by atoms with van der Waals surface area (Å²) in [6.07, 6.45) is 0.664. The molecule has 4 aromatic rings. The van der Waals surface area contributed by atoms with E-state index in [2.05, 4.69) is 25.3 Å². The first-order valence-electron chi connectivity index (χ1n) is 13.2. The third-order valence-corrected chi connectivity index (χ3v) is 5.80. The third kappa shape index (κ3) is 7.58. The Hall–Kier alpha value is -5.60. The molecule has 0 saturated carbocycles. The topological polar surface area (TPSA) is 198 Å². The van der Waals surface area contributed by atoms with Gasteiger partial charge in [-0.3, -0.25) is 15.4 Å². The molecule has 0 bridgehead atoms. The van der Waals surface area contributed by atoms with Gasteiger partial charge in [-0.05, 0) is 45.0 Å². The highest BCUT2D eigenvalue weighted by Gasteiger charge is 2.23. The molecule has 224 valence electrons. The van der Waals surface area contributed by atoms with Crippen LogP contribution in [0.1, 0.15) is 58.7 Å². The number of nitro benzene ring substituents is 1. The number of rotatable bonds is 12. The number of carbonyl (C=O) groups excluding carboxylic acids is 3. The van der Waals surface area contributed by atoms with E-state index in [0.29, 0.717) is 17.2 Å². The summed E-state index contributed by atoms with van der Waals surface area (Å²) in [4.78, 5) is 63.8. The van der Waals surface area contributed by atoms with Gasteiger partial charge in [-0.15, -0.1) is 0 Å². The molecule has 0 atom stereocenters. The fourth-order valence-corrected chi connectivity index (χ4v) is 3.98. The fraction of sp³-hybridized carbons (Fsp3) is 0.286. The summed E-state index contributed by atoms with van der Waals surface area (Å²) in [5.41, 5.74) is 1.33.